The van der Waals surface area contributed by atoms with Gasteiger partial charge in [0.15, 0.2) is 6.10 Å². The van der Waals surface area contributed by atoms with Crippen molar-refractivity contribution in [3.05, 3.63) is 41.1 Å². The highest BCUT2D eigenvalue weighted by Gasteiger charge is 2.25. The number of hydrogen-bond acceptors (Lipinski definition) is 4. The van der Waals surface area contributed by atoms with E-state index in [2.05, 4.69) is 10.6 Å². The van der Waals surface area contributed by atoms with E-state index >= 15 is 0 Å². The van der Waals surface area contributed by atoms with Crippen LogP contribution in [0.1, 0.15) is 0 Å². The molecular formula is C13H12N2O2S. The Balaban J connectivity index is 1.70. The lowest BCUT2D eigenvalue weighted by molar-refractivity contribution is -0.122. The summed E-state index contributed by atoms with van der Waals surface area (Å²) < 4.78 is 5.67. The lowest BCUT2D eigenvalue weighted by Crippen LogP contribution is -2.41. The molecule has 1 aromatic heterocycles. The van der Waals surface area contributed by atoms with Crippen molar-refractivity contribution in [1.82, 2.24) is 0 Å². The van der Waals surface area contributed by atoms with Crippen LogP contribution >= 0.6 is 11.3 Å². The van der Waals surface area contributed by atoms with Crippen LogP contribution in [-0.2, 0) is 4.79 Å². The molecule has 4 nitrogen and oxygen atoms in total. The molecule has 2 N–H and O–H groups in total. The molecule has 1 aliphatic heterocycles. The molecule has 1 amide bonds. The van der Waals surface area contributed by atoms with Crippen molar-refractivity contribution in [2.75, 3.05) is 17.2 Å². The van der Waals surface area contributed by atoms with Crippen LogP contribution in [0.2, 0.25) is 0 Å². The lowest BCUT2D eigenvalue weighted by Gasteiger charge is -2.26. The van der Waals surface area contributed by atoms with E-state index in [0.29, 0.717) is 12.3 Å². The highest BCUT2D eigenvalue weighted by atomic mass is 32.1. The van der Waals surface area contributed by atoms with Gasteiger partial charge in [0.25, 0.3) is 5.91 Å². The highest BCUT2D eigenvalue weighted by molar-refractivity contribution is 7.08. The van der Waals surface area contributed by atoms with Gasteiger partial charge in [-0.15, -0.1) is 0 Å². The summed E-state index contributed by atoms with van der Waals surface area (Å²) in [5, 5.41) is 9.83. The summed E-state index contributed by atoms with van der Waals surface area (Å²) in [4.78, 5) is 12.0. The van der Waals surface area contributed by atoms with Gasteiger partial charge in [-0.25, -0.2) is 0 Å². The molecule has 0 bridgehead atoms. The standard InChI is InChI=1S/C13H12N2O2S/c16-13(15-9-5-6-18-8-9)12-7-14-10-3-1-2-4-11(10)17-12/h1-6,8,12,14H,7H2,(H,15,16). The van der Waals surface area contributed by atoms with Crippen LogP contribution in [0.4, 0.5) is 11.4 Å². The summed E-state index contributed by atoms with van der Waals surface area (Å²) in [6.45, 7) is 0.479. The number of anilines is 2. The molecule has 18 heavy (non-hydrogen) atoms. The molecule has 0 radical (unpaired) electrons. The van der Waals surface area contributed by atoms with Crippen molar-refractivity contribution in [3.63, 3.8) is 0 Å². The normalized spacial score (nSPS) is 17.2. The minimum absolute atomic E-state index is 0.129. The average Bonchev–Trinajstić information content (AvgIpc) is 2.91. The summed E-state index contributed by atoms with van der Waals surface area (Å²) >= 11 is 1.55. The van der Waals surface area contributed by atoms with Gasteiger partial charge in [-0.3, -0.25) is 4.79 Å². The molecule has 3 rings (SSSR count). The van der Waals surface area contributed by atoms with Gasteiger partial charge in [0.2, 0.25) is 0 Å². The van der Waals surface area contributed by atoms with Crippen LogP contribution in [0.15, 0.2) is 41.1 Å². The molecule has 5 heteroatoms. The van der Waals surface area contributed by atoms with Crippen LogP contribution in [0.5, 0.6) is 5.75 Å². The summed E-state index contributed by atoms with van der Waals surface area (Å²) in [5.41, 5.74) is 1.74. The first-order chi connectivity index (χ1) is 8.83. The monoisotopic (exact) mass is 260 g/mol. The molecule has 2 heterocycles. The maximum atomic E-state index is 12.0. The summed E-state index contributed by atoms with van der Waals surface area (Å²) in [6, 6.07) is 9.47. The van der Waals surface area contributed by atoms with Gasteiger partial charge < -0.3 is 15.4 Å². The molecule has 0 saturated carbocycles. The zero-order valence-corrected chi connectivity index (χ0v) is 10.4. The van der Waals surface area contributed by atoms with Crippen LogP contribution in [0.3, 0.4) is 0 Å². The summed E-state index contributed by atoms with van der Waals surface area (Å²) in [5.74, 6) is 0.588. The Morgan fingerprint density at radius 1 is 1.39 bits per heavy atom. The molecule has 1 aromatic carbocycles. The Kier molecular flexibility index (Phi) is 2.90. The number of rotatable bonds is 2. The maximum Gasteiger partial charge on any atom is 0.267 e. The SMILES string of the molecule is O=C(Nc1ccsc1)C1CNc2ccccc2O1. The third kappa shape index (κ3) is 2.17. The number of carbonyl (C=O) groups is 1. The number of para-hydroxylation sites is 2. The number of ether oxygens (including phenoxy) is 1. The quantitative estimate of drug-likeness (QED) is 0.872. The topological polar surface area (TPSA) is 50.4 Å². The van der Waals surface area contributed by atoms with Gasteiger partial charge in [0.1, 0.15) is 5.75 Å². The van der Waals surface area contributed by atoms with Crippen LogP contribution in [0.25, 0.3) is 0 Å². The number of benzene rings is 1. The molecule has 1 unspecified atom stereocenters. The molecule has 92 valence electrons. The molecule has 1 atom stereocenters. The number of fused-ring (bicyclic) bond motifs is 1. The van der Waals surface area contributed by atoms with Gasteiger partial charge in [-0.2, -0.15) is 11.3 Å². The Morgan fingerprint density at radius 2 is 2.28 bits per heavy atom. The predicted octanol–water partition coefficient (Wildman–Crippen LogP) is 2.56. The fraction of sp³-hybridized carbons (Fsp3) is 0.154. The molecule has 2 aromatic rings. The van der Waals surface area contributed by atoms with E-state index in [-0.39, 0.29) is 5.91 Å². The summed E-state index contributed by atoms with van der Waals surface area (Å²) in [7, 11) is 0. The smallest absolute Gasteiger partial charge is 0.267 e. The number of thiophene rings is 1. The second kappa shape index (κ2) is 4.70. The fourth-order valence-electron chi connectivity index (χ4n) is 1.82. The zero-order valence-electron chi connectivity index (χ0n) is 9.55. The number of amides is 1. The van der Waals surface area contributed by atoms with E-state index in [1.807, 2.05) is 41.1 Å². The predicted molar refractivity (Wildman–Crippen MR) is 72.3 cm³/mol. The van der Waals surface area contributed by atoms with Crippen LogP contribution < -0.4 is 15.4 Å². The second-order valence-electron chi connectivity index (χ2n) is 3.98. The van der Waals surface area contributed by atoms with Gasteiger partial charge in [0.05, 0.1) is 17.9 Å². The van der Waals surface area contributed by atoms with Gasteiger partial charge in [-0.05, 0) is 23.6 Å². The highest BCUT2D eigenvalue weighted by Crippen LogP contribution is 2.28. The van der Waals surface area contributed by atoms with Gasteiger partial charge >= 0.3 is 0 Å². The first-order valence-corrected chi connectivity index (χ1v) is 6.60. The first kappa shape index (κ1) is 11.1. The average molecular weight is 260 g/mol. The van der Waals surface area contributed by atoms with Crippen LogP contribution in [0, 0.1) is 0 Å². The van der Waals surface area contributed by atoms with Crippen LogP contribution in [-0.4, -0.2) is 18.6 Å². The largest absolute Gasteiger partial charge is 0.477 e. The molecule has 0 spiro atoms. The Labute approximate surface area is 109 Å². The number of nitrogens with one attached hydrogen (secondary N) is 2. The van der Waals surface area contributed by atoms with Crippen molar-refractivity contribution < 1.29 is 9.53 Å². The Hall–Kier alpha value is -2.01. The Bertz CT molecular complexity index is 554. The molecular weight excluding hydrogens is 248 g/mol. The fourth-order valence-corrected chi connectivity index (χ4v) is 2.41. The van der Waals surface area contributed by atoms with Crippen molar-refractivity contribution in [2.45, 2.75) is 6.10 Å². The molecule has 0 saturated heterocycles. The van der Waals surface area contributed by atoms with Crippen molar-refractivity contribution >= 4 is 28.6 Å². The first-order valence-electron chi connectivity index (χ1n) is 5.65. The molecule has 0 aliphatic carbocycles. The van der Waals surface area contributed by atoms with Crippen molar-refractivity contribution in [3.8, 4) is 5.75 Å². The van der Waals surface area contributed by atoms with Gasteiger partial charge in [-0.1, -0.05) is 12.1 Å². The van der Waals surface area contributed by atoms with E-state index in [1.54, 1.807) is 11.3 Å². The summed E-state index contributed by atoms with van der Waals surface area (Å²) in [6.07, 6.45) is -0.500. The number of carbonyl (C=O) groups excluding carboxylic acids is 1. The third-order valence-electron chi connectivity index (χ3n) is 2.72. The lowest BCUT2D eigenvalue weighted by atomic mass is 10.2. The zero-order chi connectivity index (χ0) is 12.4. The van der Waals surface area contributed by atoms with Crippen molar-refractivity contribution in [2.24, 2.45) is 0 Å². The minimum Gasteiger partial charge on any atom is -0.477 e. The third-order valence-corrected chi connectivity index (χ3v) is 3.40. The van der Waals surface area contributed by atoms with E-state index in [0.717, 1.165) is 11.4 Å². The van der Waals surface area contributed by atoms with E-state index in [9.17, 15) is 4.79 Å². The van der Waals surface area contributed by atoms with E-state index in [4.69, 9.17) is 4.74 Å². The van der Waals surface area contributed by atoms with E-state index < -0.39 is 6.10 Å². The maximum absolute atomic E-state index is 12.0. The second-order valence-corrected chi connectivity index (χ2v) is 4.76. The number of hydrogen-bond donors (Lipinski definition) is 2. The van der Waals surface area contributed by atoms with Gasteiger partial charge in [0, 0.05) is 5.38 Å². The molecule has 0 fully saturated rings. The minimum atomic E-state index is -0.500. The van der Waals surface area contributed by atoms with Crippen molar-refractivity contribution in [1.29, 1.82) is 0 Å². The Morgan fingerprint density at radius 3 is 3.11 bits per heavy atom. The van der Waals surface area contributed by atoms with E-state index in [1.165, 1.54) is 0 Å². The molecule has 1 aliphatic rings.